The van der Waals surface area contributed by atoms with Crippen LogP contribution in [-0.4, -0.2) is 9.97 Å². The van der Waals surface area contributed by atoms with Crippen LogP contribution in [0, 0.1) is 0 Å². The Balaban J connectivity index is 2.08. The summed E-state index contributed by atoms with van der Waals surface area (Å²) in [5.74, 6) is 1.26. The van der Waals surface area contributed by atoms with E-state index in [9.17, 15) is 0 Å². The molecule has 0 saturated carbocycles. The number of nitrogens with zero attached hydrogens (tertiary/aromatic N) is 2. The fourth-order valence-electron chi connectivity index (χ4n) is 1.90. The SMILES string of the molecule is CC(C)c1cc(NCc2ccccc2CN)ncn1. The van der Waals surface area contributed by atoms with Crippen molar-refractivity contribution in [1.82, 2.24) is 9.97 Å². The van der Waals surface area contributed by atoms with Crippen molar-refractivity contribution in [2.75, 3.05) is 5.32 Å². The molecule has 2 rings (SSSR count). The van der Waals surface area contributed by atoms with E-state index in [1.807, 2.05) is 18.2 Å². The largest absolute Gasteiger partial charge is 0.366 e. The molecule has 2 aromatic rings. The lowest BCUT2D eigenvalue weighted by molar-refractivity contribution is 0.813. The molecule has 0 amide bonds. The first kappa shape index (κ1) is 13.5. The van der Waals surface area contributed by atoms with Gasteiger partial charge in [-0.15, -0.1) is 0 Å². The molecule has 0 radical (unpaired) electrons. The highest BCUT2D eigenvalue weighted by atomic mass is 15.0. The topological polar surface area (TPSA) is 63.8 Å². The summed E-state index contributed by atoms with van der Waals surface area (Å²) in [4.78, 5) is 8.50. The highest BCUT2D eigenvalue weighted by molar-refractivity contribution is 5.38. The van der Waals surface area contributed by atoms with Crippen LogP contribution in [0.5, 0.6) is 0 Å². The lowest BCUT2D eigenvalue weighted by atomic mass is 10.1. The molecule has 1 aromatic carbocycles. The van der Waals surface area contributed by atoms with E-state index >= 15 is 0 Å². The zero-order valence-electron chi connectivity index (χ0n) is 11.4. The van der Waals surface area contributed by atoms with Crippen molar-refractivity contribution in [2.24, 2.45) is 5.73 Å². The van der Waals surface area contributed by atoms with Crippen molar-refractivity contribution in [3.05, 3.63) is 53.5 Å². The lowest BCUT2D eigenvalue weighted by Gasteiger charge is -2.11. The third-order valence-corrected chi connectivity index (χ3v) is 3.08. The zero-order chi connectivity index (χ0) is 13.7. The summed E-state index contributed by atoms with van der Waals surface area (Å²) >= 11 is 0. The quantitative estimate of drug-likeness (QED) is 0.863. The van der Waals surface area contributed by atoms with Gasteiger partial charge in [-0.3, -0.25) is 0 Å². The van der Waals surface area contributed by atoms with E-state index in [0.29, 0.717) is 12.5 Å². The summed E-state index contributed by atoms with van der Waals surface area (Å²) in [5, 5.41) is 3.32. The third kappa shape index (κ3) is 3.51. The van der Waals surface area contributed by atoms with Crippen LogP contribution in [-0.2, 0) is 13.1 Å². The average molecular weight is 256 g/mol. The minimum atomic E-state index is 0.403. The molecule has 1 heterocycles. The maximum Gasteiger partial charge on any atom is 0.129 e. The van der Waals surface area contributed by atoms with Crippen molar-refractivity contribution >= 4 is 5.82 Å². The normalized spacial score (nSPS) is 10.7. The first-order valence-corrected chi connectivity index (χ1v) is 6.53. The van der Waals surface area contributed by atoms with Gasteiger partial charge in [-0.25, -0.2) is 9.97 Å². The molecule has 4 heteroatoms. The average Bonchev–Trinajstić information content (AvgIpc) is 2.45. The standard InChI is InChI=1S/C15H20N4/c1-11(2)14-7-15(19-10-18-14)17-9-13-6-4-3-5-12(13)8-16/h3-7,10-11H,8-9,16H2,1-2H3,(H,17,18,19). The highest BCUT2D eigenvalue weighted by Gasteiger charge is 2.04. The molecule has 19 heavy (non-hydrogen) atoms. The van der Waals surface area contributed by atoms with Crippen LogP contribution in [0.2, 0.25) is 0 Å². The van der Waals surface area contributed by atoms with Gasteiger partial charge in [0.05, 0.1) is 0 Å². The number of rotatable bonds is 5. The molecule has 0 spiro atoms. The van der Waals surface area contributed by atoms with Crippen molar-refractivity contribution in [3.8, 4) is 0 Å². The Morgan fingerprint density at radius 2 is 1.89 bits per heavy atom. The number of benzene rings is 1. The second kappa shape index (κ2) is 6.29. The van der Waals surface area contributed by atoms with Crippen LogP contribution in [0.25, 0.3) is 0 Å². The lowest BCUT2D eigenvalue weighted by Crippen LogP contribution is -2.07. The van der Waals surface area contributed by atoms with Crippen LogP contribution in [0.3, 0.4) is 0 Å². The summed E-state index contributed by atoms with van der Waals surface area (Å²) in [5.41, 5.74) is 9.14. The van der Waals surface area contributed by atoms with Gasteiger partial charge in [0.1, 0.15) is 12.1 Å². The van der Waals surface area contributed by atoms with E-state index in [2.05, 4.69) is 41.3 Å². The van der Waals surface area contributed by atoms with Crippen LogP contribution < -0.4 is 11.1 Å². The van der Waals surface area contributed by atoms with E-state index in [0.717, 1.165) is 23.6 Å². The number of nitrogens with two attached hydrogens (primary N) is 1. The summed E-state index contributed by atoms with van der Waals surface area (Å²) in [7, 11) is 0. The molecule has 0 fully saturated rings. The fourth-order valence-corrected chi connectivity index (χ4v) is 1.90. The molecule has 0 aliphatic carbocycles. The number of aromatic nitrogens is 2. The van der Waals surface area contributed by atoms with Crippen LogP contribution >= 0.6 is 0 Å². The number of hydrogen-bond donors (Lipinski definition) is 2. The predicted molar refractivity (Wildman–Crippen MR) is 77.8 cm³/mol. The van der Waals surface area contributed by atoms with Crippen LogP contribution in [0.15, 0.2) is 36.7 Å². The zero-order valence-corrected chi connectivity index (χ0v) is 11.4. The van der Waals surface area contributed by atoms with Gasteiger partial charge in [0, 0.05) is 24.8 Å². The van der Waals surface area contributed by atoms with E-state index in [1.54, 1.807) is 6.33 Å². The van der Waals surface area contributed by atoms with E-state index in [-0.39, 0.29) is 0 Å². The molecule has 100 valence electrons. The molecule has 0 atom stereocenters. The highest BCUT2D eigenvalue weighted by Crippen LogP contribution is 2.15. The van der Waals surface area contributed by atoms with E-state index in [4.69, 9.17) is 5.73 Å². The smallest absolute Gasteiger partial charge is 0.129 e. The molecular formula is C15H20N4. The van der Waals surface area contributed by atoms with Gasteiger partial charge in [-0.1, -0.05) is 38.1 Å². The van der Waals surface area contributed by atoms with Gasteiger partial charge in [0.15, 0.2) is 0 Å². The van der Waals surface area contributed by atoms with Crippen molar-refractivity contribution in [3.63, 3.8) is 0 Å². The van der Waals surface area contributed by atoms with Gasteiger partial charge in [0.2, 0.25) is 0 Å². The number of hydrogen-bond acceptors (Lipinski definition) is 4. The summed E-state index contributed by atoms with van der Waals surface area (Å²) < 4.78 is 0. The fraction of sp³-hybridized carbons (Fsp3) is 0.333. The molecule has 0 aliphatic heterocycles. The minimum Gasteiger partial charge on any atom is -0.366 e. The van der Waals surface area contributed by atoms with Crippen molar-refractivity contribution in [2.45, 2.75) is 32.9 Å². The summed E-state index contributed by atoms with van der Waals surface area (Å²) in [6.07, 6.45) is 1.60. The second-order valence-electron chi connectivity index (χ2n) is 4.81. The monoisotopic (exact) mass is 256 g/mol. The molecule has 0 unspecified atom stereocenters. The van der Waals surface area contributed by atoms with Gasteiger partial charge in [-0.2, -0.15) is 0 Å². The Kier molecular flexibility index (Phi) is 4.47. The van der Waals surface area contributed by atoms with Gasteiger partial charge < -0.3 is 11.1 Å². The van der Waals surface area contributed by atoms with E-state index < -0.39 is 0 Å². The summed E-state index contributed by atoms with van der Waals surface area (Å²) in [6.45, 7) is 5.52. The third-order valence-electron chi connectivity index (χ3n) is 3.08. The molecule has 1 aromatic heterocycles. The second-order valence-corrected chi connectivity index (χ2v) is 4.81. The molecule has 0 aliphatic rings. The van der Waals surface area contributed by atoms with Gasteiger partial charge in [0.25, 0.3) is 0 Å². The molecule has 4 nitrogen and oxygen atoms in total. The first-order chi connectivity index (χ1) is 9.20. The Morgan fingerprint density at radius 3 is 2.58 bits per heavy atom. The van der Waals surface area contributed by atoms with E-state index in [1.165, 1.54) is 5.56 Å². The first-order valence-electron chi connectivity index (χ1n) is 6.53. The molecule has 0 saturated heterocycles. The number of anilines is 1. The van der Waals surface area contributed by atoms with Crippen LogP contribution in [0.4, 0.5) is 5.82 Å². The Hall–Kier alpha value is -1.94. The van der Waals surface area contributed by atoms with Gasteiger partial charge >= 0.3 is 0 Å². The molecular weight excluding hydrogens is 236 g/mol. The van der Waals surface area contributed by atoms with Crippen molar-refractivity contribution in [1.29, 1.82) is 0 Å². The van der Waals surface area contributed by atoms with Crippen molar-refractivity contribution < 1.29 is 0 Å². The Morgan fingerprint density at radius 1 is 1.16 bits per heavy atom. The summed E-state index contributed by atoms with van der Waals surface area (Å²) in [6, 6.07) is 10.2. The Bertz CT molecular complexity index is 537. The van der Waals surface area contributed by atoms with Gasteiger partial charge in [-0.05, 0) is 17.0 Å². The van der Waals surface area contributed by atoms with Crippen LogP contribution in [0.1, 0.15) is 36.6 Å². The molecule has 3 N–H and O–H groups in total. The maximum absolute atomic E-state index is 5.73. The number of nitrogens with one attached hydrogen (secondary N) is 1. The predicted octanol–water partition coefficient (Wildman–Crippen LogP) is 2.67. The Labute approximate surface area is 114 Å². The minimum absolute atomic E-state index is 0.403. The molecule has 0 bridgehead atoms. The maximum atomic E-state index is 5.73.